The molecule has 2 aromatic rings. The summed E-state index contributed by atoms with van der Waals surface area (Å²) in [6, 6.07) is 8.21. The third-order valence-electron chi connectivity index (χ3n) is 3.24. The third-order valence-corrected chi connectivity index (χ3v) is 3.24. The van der Waals surface area contributed by atoms with Gasteiger partial charge >= 0.3 is 0 Å². The summed E-state index contributed by atoms with van der Waals surface area (Å²) >= 11 is 0. The molecule has 2 heterocycles. The Kier molecular flexibility index (Phi) is 1.99. The molecule has 1 aliphatic rings. The first-order chi connectivity index (χ1) is 7.77. The normalized spacial score (nSPS) is 16.3. The first-order valence-electron chi connectivity index (χ1n) is 5.62. The zero-order chi connectivity index (χ0) is 11.1. The molecule has 16 heavy (non-hydrogen) atoms. The van der Waals surface area contributed by atoms with Crippen molar-refractivity contribution in [2.45, 2.75) is 12.8 Å². The minimum atomic E-state index is 0.247. The van der Waals surface area contributed by atoms with Crippen molar-refractivity contribution >= 4 is 22.5 Å². The van der Waals surface area contributed by atoms with Crippen LogP contribution in [0.4, 0.5) is 5.69 Å². The van der Waals surface area contributed by atoms with Gasteiger partial charge in [0, 0.05) is 37.1 Å². The minimum absolute atomic E-state index is 0.247. The molecule has 1 fully saturated rings. The molecule has 0 unspecified atom stereocenters. The molecule has 0 saturated carbocycles. The van der Waals surface area contributed by atoms with Crippen molar-refractivity contribution < 1.29 is 4.79 Å². The number of amides is 1. The van der Waals surface area contributed by atoms with Crippen LogP contribution >= 0.6 is 0 Å². The highest BCUT2D eigenvalue weighted by Crippen LogP contribution is 2.31. The smallest absolute Gasteiger partial charge is 0.227 e. The van der Waals surface area contributed by atoms with Crippen LogP contribution in [0.1, 0.15) is 12.8 Å². The molecule has 0 aliphatic carbocycles. The van der Waals surface area contributed by atoms with E-state index in [4.69, 9.17) is 0 Å². The molecule has 0 atom stereocenters. The second kappa shape index (κ2) is 3.37. The average molecular weight is 214 g/mol. The Morgan fingerprint density at radius 2 is 2.06 bits per heavy atom. The van der Waals surface area contributed by atoms with Gasteiger partial charge < -0.3 is 9.47 Å². The molecule has 0 bridgehead atoms. The lowest BCUT2D eigenvalue weighted by atomic mass is 10.2. The van der Waals surface area contributed by atoms with Crippen molar-refractivity contribution in [1.29, 1.82) is 0 Å². The largest absolute Gasteiger partial charge is 0.348 e. The van der Waals surface area contributed by atoms with E-state index in [1.807, 2.05) is 30.3 Å². The van der Waals surface area contributed by atoms with Gasteiger partial charge in [-0.3, -0.25) is 4.79 Å². The topological polar surface area (TPSA) is 25.2 Å². The molecule has 0 spiro atoms. The molecule has 1 aromatic heterocycles. The molecular formula is C13H14N2O. The van der Waals surface area contributed by atoms with E-state index in [2.05, 4.69) is 16.7 Å². The van der Waals surface area contributed by atoms with Gasteiger partial charge in [-0.05, 0) is 12.5 Å². The highest BCUT2D eigenvalue weighted by atomic mass is 16.2. The van der Waals surface area contributed by atoms with Gasteiger partial charge in [0.05, 0.1) is 5.69 Å². The summed E-state index contributed by atoms with van der Waals surface area (Å²) in [6.07, 6.45) is 3.71. The molecule has 3 rings (SSSR count). The van der Waals surface area contributed by atoms with Gasteiger partial charge in [-0.25, -0.2) is 0 Å². The quantitative estimate of drug-likeness (QED) is 0.715. The van der Waals surface area contributed by atoms with Crippen LogP contribution in [0.2, 0.25) is 0 Å². The maximum Gasteiger partial charge on any atom is 0.227 e. The molecule has 3 heteroatoms. The number of rotatable bonds is 1. The molecular weight excluding hydrogens is 200 g/mol. The Morgan fingerprint density at radius 3 is 2.81 bits per heavy atom. The lowest BCUT2D eigenvalue weighted by molar-refractivity contribution is -0.117. The van der Waals surface area contributed by atoms with Crippen LogP contribution in [0.3, 0.4) is 0 Å². The molecule has 0 radical (unpaired) electrons. The fourth-order valence-corrected chi connectivity index (χ4v) is 2.44. The lowest BCUT2D eigenvalue weighted by Crippen LogP contribution is -2.23. The molecule has 1 aromatic carbocycles. The van der Waals surface area contributed by atoms with Crippen LogP contribution in [0.25, 0.3) is 10.9 Å². The van der Waals surface area contributed by atoms with Crippen molar-refractivity contribution in [1.82, 2.24) is 4.57 Å². The molecule has 1 saturated heterocycles. The number of aromatic nitrogens is 1. The highest BCUT2D eigenvalue weighted by molar-refractivity contribution is 6.04. The Labute approximate surface area is 94.3 Å². The summed E-state index contributed by atoms with van der Waals surface area (Å²) in [7, 11) is 2.02. The number of nitrogens with zero attached hydrogens (tertiary/aromatic N) is 2. The molecule has 0 N–H and O–H groups in total. The van der Waals surface area contributed by atoms with Crippen molar-refractivity contribution in [2.75, 3.05) is 11.4 Å². The zero-order valence-corrected chi connectivity index (χ0v) is 9.31. The first kappa shape index (κ1) is 9.46. The zero-order valence-electron chi connectivity index (χ0n) is 9.31. The number of carbonyl (C=O) groups is 1. The maximum atomic E-state index is 11.7. The standard InChI is InChI=1S/C13H14N2O/c1-14-9-12(15-8-4-7-13(15)16)10-5-2-3-6-11(10)14/h2-3,5-6,9H,4,7-8H2,1H3. The van der Waals surface area contributed by atoms with E-state index in [9.17, 15) is 4.79 Å². The van der Waals surface area contributed by atoms with Gasteiger partial charge in [-0.1, -0.05) is 18.2 Å². The first-order valence-corrected chi connectivity index (χ1v) is 5.62. The SMILES string of the molecule is Cn1cc(N2CCCC2=O)c2ccccc21. The Morgan fingerprint density at radius 1 is 1.25 bits per heavy atom. The van der Waals surface area contributed by atoms with E-state index in [1.54, 1.807) is 0 Å². The number of aryl methyl sites for hydroxylation is 1. The van der Waals surface area contributed by atoms with Gasteiger partial charge in [-0.15, -0.1) is 0 Å². The predicted octanol–water partition coefficient (Wildman–Crippen LogP) is 2.31. The van der Waals surface area contributed by atoms with E-state index in [-0.39, 0.29) is 5.91 Å². The molecule has 3 nitrogen and oxygen atoms in total. The number of anilines is 1. The molecule has 1 amide bonds. The van der Waals surface area contributed by atoms with Gasteiger partial charge in [0.2, 0.25) is 5.91 Å². The minimum Gasteiger partial charge on any atom is -0.348 e. The second-order valence-corrected chi connectivity index (χ2v) is 4.29. The molecule has 1 aliphatic heterocycles. The highest BCUT2D eigenvalue weighted by Gasteiger charge is 2.24. The summed E-state index contributed by atoms with van der Waals surface area (Å²) in [5.41, 5.74) is 2.23. The molecule has 82 valence electrons. The Hall–Kier alpha value is -1.77. The van der Waals surface area contributed by atoms with E-state index in [1.165, 1.54) is 10.9 Å². The van der Waals surface area contributed by atoms with Crippen molar-refractivity contribution in [3.8, 4) is 0 Å². The predicted molar refractivity (Wildman–Crippen MR) is 64.5 cm³/mol. The van der Waals surface area contributed by atoms with E-state index in [0.717, 1.165) is 18.7 Å². The number of benzene rings is 1. The fraction of sp³-hybridized carbons (Fsp3) is 0.308. The number of fused-ring (bicyclic) bond motifs is 1. The Balaban J connectivity index is 2.20. The average Bonchev–Trinajstić information content (AvgIpc) is 2.84. The van der Waals surface area contributed by atoms with Crippen molar-refractivity contribution in [3.63, 3.8) is 0 Å². The second-order valence-electron chi connectivity index (χ2n) is 4.29. The van der Waals surface area contributed by atoms with Crippen LogP contribution in [-0.4, -0.2) is 17.0 Å². The summed E-state index contributed by atoms with van der Waals surface area (Å²) in [4.78, 5) is 13.6. The van der Waals surface area contributed by atoms with Gasteiger partial charge in [0.25, 0.3) is 0 Å². The van der Waals surface area contributed by atoms with E-state index >= 15 is 0 Å². The van der Waals surface area contributed by atoms with E-state index in [0.29, 0.717) is 6.42 Å². The van der Waals surface area contributed by atoms with Crippen LogP contribution in [0.15, 0.2) is 30.5 Å². The number of para-hydroxylation sites is 1. The van der Waals surface area contributed by atoms with Crippen LogP contribution in [-0.2, 0) is 11.8 Å². The number of carbonyl (C=O) groups excluding carboxylic acids is 1. The fourth-order valence-electron chi connectivity index (χ4n) is 2.44. The third kappa shape index (κ3) is 1.24. The van der Waals surface area contributed by atoms with Gasteiger partial charge in [0.15, 0.2) is 0 Å². The summed E-state index contributed by atoms with van der Waals surface area (Å²) in [6.45, 7) is 0.854. The Bertz CT molecular complexity index is 556. The van der Waals surface area contributed by atoms with E-state index < -0.39 is 0 Å². The summed E-state index contributed by atoms with van der Waals surface area (Å²) in [5.74, 6) is 0.247. The van der Waals surface area contributed by atoms with Crippen molar-refractivity contribution in [2.24, 2.45) is 7.05 Å². The summed E-state index contributed by atoms with van der Waals surface area (Å²) < 4.78 is 2.08. The number of hydrogen-bond acceptors (Lipinski definition) is 1. The van der Waals surface area contributed by atoms with Crippen molar-refractivity contribution in [3.05, 3.63) is 30.5 Å². The van der Waals surface area contributed by atoms with Crippen LogP contribution in [0.5, 0.6) is 0 Å². The monoisotopic (exact) mass is 214 g/mol. The van der Waals surface area contributed by atoms with Crippen LogP contribution in [0, 0.1) is 0 Å². The maximum absolute atomic E-state index is 11.7. The van der Waals surface area contributed by atoms with Gasteiger partial charge in [-0.2, -0.15) is 0 Å². The number of hydrogen-bond donors (Lipinski definition) is 0. The van der Waals surface area contributed by atoms with Gasteiger partial charge in [0.1, 0.15) is 0 Å². The lowest BCUT2D eigenvalue weighted by Gasteiger charge is -2.13. The van der Waals surface area contributed by atoms with Crippen LogP contribution < -0.4 is 4.90 Å². The summed E-state index contributed by atoms with van der Waals surface area (Å²) in [5, 5.41) is 1.17.